The van der Waals surface area contributed by atoms with E-state index < -0.39 is 26.7 Å². The lowest BCUT2D eigenvalue weighted by Gasteiger charge is -2.29. The first kappa shape index (κ1) is 17.4. The molecule has 1 aromatic carbocycles. The van der Waals surface area contributed by atoms with Crippen LogP contribution in [0.5, 0.6) is 0 Å². The second-order valence-corrected chi connectivity index (χ2v) is 9.08. The van der Waals surface area contributed by atoms with Crippen LogP contribution in [-0.4, -0.2) is 34.7 Å². The van der Waals surface area contributed by atoms with Crippen molar-refractivity contribution in [3.63, 3.8) is 0 Å². The Bertz CT molecular complexity index is 738. The molecule has 2 aromatic rings. The van der Waals surface area contributed by atoms with E-state index in [1.54, 1.807) is 6.20 Å². The van der Waals surface area contributed by atoms with Crippen molar-refractivity contribution < 1.29 is 33.8 Å². The first-order valence-electron chi connectivity index (χ1n) is 6.45. The SMILES string of the molecule is O=P(O)(O)C(O)(CCCc1c[nH]c2ccccc12)P(=O)(O)O. The van der Waals surface area contributed by atoms with Gasteiger partial charge in [-0.15, -0.1) is 0 Å². The number of fused-ring (bicyclic) bond motifs is 1. The van der Waals surface area contributed by atoms with Gasteiger partial charge in [-0.1, -0.05) is 18.2 Å². The van der Waals surface area contributed by atoms with Crippen LogP contribution in [0.15, 0.2) is 30.5 Å². The van der Waals surface area contributed by atoms with Gasteiger partial charge in [-0.2, -0.15) is 0 Å². The predicted octanol–water partition coefficient (Wildman–Crippen LogP) is 1.49. The summed E-state index contributed by atoms with van der Waals surface area (Å²) in [6.07, 6.45) is 1.33. The summed E-state index contributed by atoms with van der Waals surface area (Å²) in [5.74, 6) is 0. The number of aliphatic hydroxyl groups is 1. The summed E-state index contributed by atoms with van der Waals surface area (Å²) in [4.78, 5) is 39.3. The molecular weight excluding hydrogens is 332 g/mol. The number of H-pyrrole nitrogens is 1. The Morgan fingerprint density at radius 3 is 2.23 bits per heavy atom. The van der Waals surface area contributed by atoms with Gasteiger partial charge in [-0.3, -0.25) is 9.13 Å². The second-order valence-electron chi connectivity index (χ2n) is 5.08. The van der Waals surface area contributed by atoms with Crippen molar-refractivity contribution in [2.24, 2.45) is 0 Å². The van der Waals surface area contributed by atoms with Gasteiger partial charge in [0.1, 0.15) is 0 Å². The molecule has 122 valence electrons. The van der Waals surface area contributed by atoms with Gasteiger partial charge in [0.25, 0.3) is 5.08 Å². The molecule has 0 aliphatic carbocycles. The van der Waals surface area contributed by atoms with E-state index in [2.05, 4.69) is 4.98 Å². The minimum absolute atomic E-state index is 0.00850. The summed E-state index contributed by atoms with van der Waals surface area (Å²) in [6, 6.07) is 7.41. The van der Waals surface area contributed by atoms with E-state index in [-0.39, 0.29) is 6.42 Å². The van der Waals surface area contributed by atoms with Crippen molar-refractivity contribution in [2.45, 2.75) is 24.3 Å². The number of nitrogens with one attached hydrogen (secondary N) is 1. The van der Waals surface area contributed by atoms with Crippen molar-refractivity contribution in [2.75, 3.05) is 0 Å². The summed E-state index contributed by atoms with van der Waals surface area (Å²) >= 11 is 0. The van der Waals surface area contributed by atoms with Gasteiger partial charge in [0.2, 0.25) is 0 Å². The Morgan fingerprint density at radius 1 is 1.05 bits per heavy atom. The molecule has 0 atom stereocenters. The number of benzene rings is 1. The lowest BCUT2D eigenvalue weighted by molar-refractivity contribution is 0.121. The summed E-state index contributed by atoms with van der Waals surface area (Å²) in [5.41, 5.74) is 1.73. The fraction of sp³-hybridized carbons (Fsp3) is 0.333. The van der Waals surface area contributed by atoms with E-state index >= 15 is 0 Å². The zero-order valence-corrected chi connectivity index (χ0v) is 13.2. The van der Waals surface area contributed by atoms with E-state index in [0.717, 1.165) is 16.5 Å². The van der Waals surface area contributed by atoms with Crippen LogP contribution in [0.4, 0.5) is 0 Å². The zero-order chi connectivity index (χ0) is 16.6. The van der Waals surface area contributed by atoms with Gasteiger partial charge in [0, 0.05) is 23.5 Å². The maximum absolute atomic E-state index is 11.3. The molecule has 0 unspecified atom stereocenters. The number of hydrogen-bond acceptors (Lipinski definition) is 3. The van der Waals surface area contributed by atoms with Gasteiger partial charge >= 0.3 is 15.2 Å². The molecule has 0 spiro atoms. The fourth-order valence-electron chi connectivity index (χ4n) is 2.32. The topological polar surface area (TPSA) is 151 Å². The molecule has 0 amide bonds. The molecule has 1 heterocycles. The van der Waals surface area contributed by atoms with Crippen LogP contribution >= 0.6 is 15.2 Å². The van der Waals surface area contributed by atoms with Crippen LogP contribution in [0.2, 0.25) is 0 Å². The third-order valence-corrected chi connectivity index (χ3v) is 7.44. The molecule has 0 bridgehead atoms. The third-order valence-electron chi connectivity index (χ3n) is 3.57. The smallest absolute Gasteiger partial charge is 0.368 e. The van der Waals surface area contributed by atoms with Crippen LogP contribution in [0, 0.1) is 0 Å². The van der Waals surface area contributed by atoms with Crippen molar-refractivity contribution in [1.82, 2.24) is 4.98 Å². The number of aromatic nitrogens is 1. The first-order valence-corrected chi connectivity index (χ1v) is 9.67. The van der Waals surface area contributed by atoms with Crippen LogP contribution in [0.3, 0.4) is 0 Å². The molecule has 6 N–H and O–H groups in total. The van der Waals surface area contributed by atoms with Gasteiger partial charge in [-0.25, -0.2) is 0 Å². The Kier molecular flexibility index (Phi) is 4.66. The largest absolute Gasteiger partial charge is 0.369 e. The van der Waals surface area contributed by atoms with Crippen LogP contribution in [-0.2, 0) is 15.6 Å². The number of aryl methyl sites for hydroxylation is 1. The minimum Gasteiger partial charge on any atom is -0.368 e. The van der Waals surface area contributed by atoms with E-state index in [9.17, 15) is 14.2 Å². The maximum atomic E-state index is 11.3. The fourth-order valence-corrected chi connectivity index (χ4v) is 4.57. The molecule has 0 aliphatic rings. The Labute approximate surface area is 126 Å². The summed E-state index contributed by atoms with van der Waals surface area (Å²) < 4.78 is 22.5. The summed E-state index contributed by atoms with van der Waals surface area (Å²) in [6.45, 7) is 0. The number of rotatable bonds is 6. The first-order chi connectivity index (χ1) is 10.1. The number of hydrogen-bond donors (Lipinski definition) is 6. The lowest BCUT2D eigenvalue weighted by atomic mass is 10.1. The molecule has 0 saturated heterocycles. The summed E-state index contributed by atoms with van der Waals surface area (Å²) in [7, 11) is -10.8. The quantitative estimate of drug-likeness (QED) is 0.432. The van der Waals surface area contributed by atoms with Crippen LogP contribution < -0.4 is 0 Å². The number of aromatic amines is 1. The second kappa shape index (κ2) is 5.91. The van der Waals surface area contributed by atoms with E-state index in [0.29, 0.717) is 6.42 Å². The van der Waals surface area contributed by atoms with E-state index in [1.165, 1.54) is 0 Å². The highest BCUT2D eigenvalue weighted by Crippen LogP contribution is 2.69. The average molecular weight is 349 g/mol. The molecule has 8 nitrogen and oxygen atoms in total. The zero-order valence-electron chi connectivity index (χ0n) is 11.5. The highest BCUT2D eigenvalue weighted by Gasteiger charge is 2.58. The molecule has 2 rings (SSSR count). The van der Waals surface area contributed by atoms with Gasteiger partial charge in [-0.05, 0) is 24.5 Å². The summed E-state index contributed by atoms with van der Waals surface area (Å²) in [5, 5.41) is 7.37. The monoisotopic (exact) mass is 349 g/mol. The van der Waals surface area contributed by atoms with Crippen LogP contribution in [0.1, 0.15) is 18.4 Å². The van der Waals surface area contributed by atoms with Gasteiger partial charge in [0.05, 0.1) is 0 Å². The van der Waals surface area contributed by atoms with Gasteiger partial charge < -0.3 is 29.7 Å². The average Bonchev–Trinajstić information content (AvgIpc) is 2.79. The predicted molar refractivity (Wildman–Crippen MR) is 80.3 cm³/mol. The molecule has 22 heavy (non-hydrogen) atoms. The number of para-hydroxylation sites is 1. The minimum atomic E-state index is -5.38. The maximum Gasteiger partial charge on any atom is 0.369 e. The highest BCUT2D eigenvalue weighted by molar-refractivity contribution is 7.72. The molecule has 10 heteroatoms. The Morgan fingerprint density at radius 2 is 1.64 bits per heavy atom. The molecule has 0 saturated carbocycles. The standard InChI is InChI=1S/C12H17NO7P2/c14-12(21(15,16)17,22(18,19)20)7-3-4-9-8-13-11-6-2-1-5-10(9)11/h1-2,5-6,8,13-14H,3-4,7H2,(H2,15,16,17)(H2,18,19,20). The van der Waals surface area contributed by atoms with Crippen molar-refractivity contribution in [1.29, 1.82) is 0 Å². The highest BCUT2D eigenvalue weighted by atomic mass is 31.2. The van der Waals surface area contributed by atoms with Crippen molar-refractivity contribution >= 4 is 26.1 Å². The lowest BCUT2D eigenvalue weighted by Crippen LogP contribution is -2.28. The third kappa shape index (κ3) is 3.19. The molecular formula is C12H17NO7P2. The van der Waals surface area contributed by atoms with E-state index in [4.69, 9.17) is 19.6 Å². The molecule has 0 radical (unpaired) electrons. The molecule has 1 aromatic heterocycles. The van der Waals surface area contributed by atoms with Crippen molar-refractivity contribution in [3.8, 4) is 0 Å². The van der Waals surface area contributed by atoms with Crippen LogP contribution in [0.25, 0.3) is 10.9 Å². The Hall–Kier alpha value is -0.980. The molecule has 0 aliphatic heterocycles. The normalized spacial score (nSPS) is 13.7. The molecule has 0 fully saturated rings. The van der Waals surface area contributed by atoms with Crippen molar-refractivity contribution in [3.05, 3.63) is 36.0 Å². The Balaban J connectivity index is 2.15. The van der Waals surface area contributed by atoms with E-state index in [1.807, 2.05) is 24.3 Å². The van der Waals surface area contributed by atoms with Gasteiger partial charge in [0.15, 0.2) is 0 Å².